The lowest BCUT2D eigenvalue weighted by Gasteiger charge is -2.06. The highest BCUT2D eigenvalue weighted by Crippen LogP contribution is 2.10. The summed E-state index contributed by atoms with van der Waals surface area (Å²) in [6, 6.07) is 6.83. The number of carbonyl (C=O) groups excluding carboxylic acids is 2. The van der Waals surface area contributed by atoms with E-state index in [1.807, 2.05) is 0 Å². The van der Waals surface area contributed by atoms with E-state index in [4.69, 9.17) is 0 Å². The van der Waals surface area contributed by atoms with E-state index in [-0.39, 0.29) is 11.9 Å². The Balaban J connectivity index is 2.46. The van der Waals surface area contributed by atoms with E-state index in [0.29, 0.717) is 18.5 Å². The molecule has 0 unspecified atom stereocenters. The Bertz CT molecular complexity index is 386. The maximum Gasteiger partial charge on any atom is 0.337 e. The van der Waals surface area contributed by atoms with Gasteiger partial charge in [-0.3, -0.25) is 4.79 Å². The average molecular weight is 237 g/mol. The molecular weight excluding hydrogens is 222 g/mol. The number of ether oxygens (including phenoxy) is 2. The molecule has 1 rings (SSSR count). The zero-order valence-corrected chi connectivity index (χ0v) is 9.86. The van der Waals surface area contributed by atoms with E-state index in [0.717, 1.165) is 5.69 Å². The zero-order chi connectivity index (χ0) is 12.7. The largest absolute Gasteiger partial charge is 0.469 e. The molecule has 0 radical (unpaired) electrons. The van der Waals surface area contributed by atoms with Gasteiger partial charge in [-0.1, -0.05) is 0 Å². The molecule has 0 aromatic heterocycles. The van der Waals surface area contributed by atoms with Crippen molar-refractivity contribution in [3.63, 3.8) is 0 Å². The lowest BCUT2D eigenvalue weighted by molar-refractivity contribution is -0.140. The van der Waals surface area contributed by atoms with Gasteiger partial charge in [0.05, 0.1) is 26.2 Å². The van der Waals surface area contributed by atoms with Crippen LogP contribution in [0.4, 0.5) is 5.69 Å². The van der Waals surface area contributed by atoms with Crippen LogP contribution in [0.3, 0.4) is 0 Å². The Kier molecular flexibility index (Phi) is 5.00. The average Bonchev–Trinajstić information content (AvgIpc) is 2.38. The van der Waals surface area contributed by atoms with Crippen LogP contribution in [0.1, 0.15) is 16.8 Å². The Hall–Kier alpha value is -2.04. The molecule has 0 aliphatic carbocycles. The summed E-state index contributed by atoms with van der Waals surface area (Å²) in [5, 5.41) is 3.04. The third-order valence-electron chi connectivity index (χ3n) is 2.19. The summed E-state index contributed by atoms with van der Waals surface area (Å²) in [6.07, 6.45) is 0.301. The zero-order valence-electron chi connectivity index (χ0n) is 9.86. The van der Waals surface area contributed by atoms with Crippen molar-refractivity contribution in [3.05, 3.63) is 29.8 Å². The Morgan fingerprint density at radius 2 is 1.76 bits per heavy atom. The number of hydrogen-bond donors (Lipinski definition) is 1. The summed E-state index contributed by atoms with van der Waals surface area (Å²) in [5.41, 5.74) is 1.33. The molecule has 0 saturated carbocycles. The fourth-order valence-electron chi connectivity index (χ4n) is 1.25. The maximum atomic E-state index is 11.2. The van der Waals surface area contributed by atoms with E-state index in [1.165, 1.54) is 14.2 Å². The minimum Gasteiger partial charge on any atom is -0.469 e. The maximum absolute atomic E-state index is 11.2. The monoisotopic (exact) mass is 237 g/mol. The number of rotatable bonds is 5. The Morgan fingerprint density at radius 3 is 2.29 bits per heavy atom. The number of hydrogen-bond acceptors (Lipinski definition) is 5. The van der Waals surface area contributed by atoms with Gasteiger partial charge in [-0.15, -0.1) is 0 Å². The van der Waals surface area contributed by atoms with Crippen molar-refractivity contribution < 1.29 is 19.1 Å². The van der Waals surface area contributed by atoms with Gasteiger partial charge in [-0.25, -0.2) is 4.79 Å². The normalized spacial score (nSPS) is 9.53. The van der Waals surface area contributed by atoms with Gasteiger partial charge in [0.2, 0.25) is 0 Å². The van der Waals surface area contributed by atoms with Crippen LogP contribution in [0.5, 0.6) is 0 Å². The van der Waals surface area contributed by atoms with Gasteiger partial charge in [0.25, 0.3) is 0 Å². The first-order chi connectivity index (χ1) is 8.17. The molecule has 0 atom stereocenters. The summed E-state index contributed by atoms with van der Waals surface area (Å²) in [5.74, 6) is -0.630. The summed E-state index contributed by atoms with van der Waals surface area (Å²) in [4.78, 5) is 22.0. The van der Waals surface area contributed by atoms with E-state index < -0.39 is 0 Å². The SMILES string of the molecule is COC(=O)CCNc1ccc(C(=O)OC)cc1. The molecule has 0 spiro atoms. The third-order valence-corrected chi connectivity index (χ3v) is 2.19. The van der Waals surface area contributed by atoms with Crippen molar-refractivity contribution in [3.8, 4) is 0 Å². The van der Waals surface area contributed by atoms with E-state index in [9.17, 15) is 9.59 Å². The predicted octanol–water partition coefficient (Wildman–Crippen LogP) is 1.45. The van der Waals surface area contributed by atoms with Crippen LogP contribution in [0.15, 0.2) is 24.3 Å². The second-order valence-corrected chi connectivity index (χ2v) is 3.32. The van der Waals surface area contributed by atoms with Crippen molar-refractivity contribution in [1.82, 2.24) is 0 Å². The van der Waals surface area contributed by atoms with E-state index in [1.54, 1.807) is 24.3 Å². The van der Waals surface area contributed by atoms with Crippen LogP contribution >= 0.6 is 0 Å². The highest BCUT2D eigenvalue weighted by Gasteiger charge is 2.04. The second-order valence-electron chi connectivity index (χ2n) is 3.32. The Labute approximate surface area is 99.7 Å². The number of esters is 2. The fourth-order valence-corrected chi connectivity index (χ4v) is 1.25. The molecular formula is C12H15NO4. The Morgan fingerprint density at radius 1 is 1.12 bits per heavy atom. The fraction of sp³-hybridized carbons (Fsp3) is 0.333. The third kappa shape index (κ3) is 4.14. The quantitative estimate of drug-likeness (QED) is 0.785. The summed E-state index contributed by atoms with van der Waals surface area (Å²) in [6.45, 7) is 0.490. The van der Waals surface area contributed by atoms with Crippen LogP contribution in [0, 0.1) is 0 Å². The van der Waals surface area contributed by atoms with Crippen LogP contribution in [0.25, 0.3) is 0 Å². The molecule has 92 valence electrons. The number of benzene rings is 1. The van der Waals surface area contributed by atoms with E-state index >= 15 is 0 Å². The molecule has 17 heavy (non-hydrogen) atoms. The van der Waals surface area contributed by atoms with Gasteiger partial charge < -0.3 is 14.8 Å². The summed E-state index contributed by atoms with van der Waals surface area (Å²) in [7, 11) is 2.69. The lowest BCUT2D eigenvalue weighted by Crippen LogP contribution is -2.09. The molecule has 1 aromatic carbocycles. The van der Waals surface area contributed by atoms with Gasteiger partial charge in [0, 0.05) is 12.2 Å². The molecule has 0 saturated heterocycles. The molecule has 1 N–H and O–H groups in total. The second kappa shape index (κ2) is 6.52. The van der Waals surface area contributed by atoms with Gasteiger partial charge in [0.15, 0.2) is 0 Å². The number of carbonyl (C=O) groups is 2. The molecule has 0 aliphatic rings. The van der Waals surface area contributed by atoms with Crippen molar-refractivity contribution >= 4 is 17.6 Å². The van der Waals surface area contributed by atoms with Gasteiger partial charge in [0.1, 0.15) is 0 Å². The van der Waals surface area contributed by atoms with Crippen LogP contribution in [0.2, 0.25) is 0 Å². The van der Waals surface area contributed by atoms with Crippen molar-refractivity contribution in [2.45, 2.75) is 6.42 Å². The van der Waals surface area contributed by atoms with Gasteiger partial charge >= 0.3 is 11.9 Å². The molecule has 0 bridgehead atoms. The molecule has 0 amide bonds. The topological polar surface area (TPSA) is 64.6 Å². The van der Waals surface area contributed by atoms with E-state index in [2.05, 4.69) is 14.8 Å². The molecule has 0 aliphatic heterocycles. The van der Waals surface area contributed by atoms with Crippen LogP contribution < -0.4 is 5.32 Å². The summed E-state index contributed by atoms with van der Waals surface area (Å²) >= 11 is 0. The van der Waals surface area contributed by atoms with Crippen molar-refractivity contribution in [2.75, 3.05) is 26.1 Å². The highest BCUT2D eigenvalue weighted by atomic mass is 16.5. The first kappa shape index (κ1) is 13.0. The van der Waals surface area contributed by atoms with Crippen molar-refractivity contribution in [1.29, 1.82) is 0 Å². The summed E-state index contributed by atoms with van der Waals surface area (Å²) < 4.78 is 9.10. The van der Waals surface area contributed by atoms with Gasteiger partial charge in [-0.2, -0.15) is 0 Å². The minimum atomic E-state index is -0.369. The van der Waals surface area contributed by atoms with Gasteiger partial charge in [-0.05, 0) is 24.3 Å². The molecule has 0 fully saturated rings. The molecule has 0 heterocycles. The highest BCUT2D eigenvalue weighted by molar-refractivity contribution is 5.89. The first-order valence-electron chi connectivity index (χ1n) is 5.16. The van der Waals surface area contributed by atoms with Crippen molar-refractivity contribution in [2.24, 2.45) is 0 Å². The minimum absolute atomic E-state index is 0.260. The lowest BCUT2D eigenvalue weighted by atomic mass is 10.2. The molecule has 1 aromatic rings. The molecule has 5 heteroatoms. The smallest absolute Gasteiger partial charge is 0.337 e. The first-order valence-corrected chi connectivity index (χ1v) is 5.16. The predicted molar refractivity (Wildman–Crippen MR) is 62.9 cm³/mol. The molecule has 5 nitrogen and oxygen atoms in total. The number of anilines is 1. The van der Waals surface area contributed by atoms with Crippen LogP contribution in [-0.2, 0) is 14.3 Å². The van der Waals surface area contributed by atoms with Crippen LogP contribution in [-0.4, -0.2) is 32.7 Å². The number of methoxy groups -OCH3 is 2. The standard InChI is InChI=1S/C12H15NO4/c1-16-11(14)7-8-13-10-5-3-9(4-6-10)12(15)17-2/h3-6,13H,7-8H2,1-2H3. The number of nitrogens with one attached hydrogen (secondary N) is 1.